The van der Waals surface area contributed by atoms with Crippen LogP contribution in [-0.4, -0.2) is 34.0 Å². The number of hydrogen-bond acceptors (Lipinski definition) is 4. The minimum absolute atomic E-state index is 0.256. The molecule has 4 nitrogen and oxygen atoms in total. The third-order valence-electron chi connectivity index (χ3n) is 3.90. The molecule has 0 fully saturated rings. The van der Waals surface area contributed by atoms with Crippen molar-refractivity contribution in [1.29, 1.82) is 0 Å². The van der Waals surface area contributed by atoms with Gasteiger partial charge in [0.25, 0.3) is 0 Å². The second kappa shape index (κ2) is 9.15. The van der Waals surface area contributed by atoms with Gasteiger partial charge in [-0.15, -0.1) is 11.3 Å². The summed E-state index contributed by atoms with van der Waals surface area (Å²) in [6, 6.07) is 0. The van der Waals surface area contributed by atoms with Crippen molar-refractivity contribution in [2.45, 2.75) is 65.8 Å². The predicted molar refractivity (Wildman–Crippen MR) is 88.3 cm³/mol. The molecular formula is C16H28N2O2S. The third kappa shape index (κ3) is 5.08. The van der Waals surface area contributed by atoms with E-state index in [9.17, 15) is 9.90 Å². The number of carboxylic acids is 1. The van der Waals surface area contributed by atoms with E-state index in [4.69, 9.17) is 0 Å². The van der Waals surface area contributed by atoms with Crippen molar-refractivity contribution in [1.82, 2.24) is 9.88 Å². The topological polar surface area (TPSA) is 53.4 Å². The molecule has 120 valence electrons. The second-order valence-electron chi connectivity index (χ2n) is 5.36. The van der Waals surface area contributed by atoms with Crippen LogP contribution in [0.5, 0.6) is 0 Å². The first-order valence-corrected chi connectivity index (χ1v) is 8.84. The largest absolute Gasteiger partial charge is 0.477 e. The van der Waals surface area contributed by atoms with E-state index in [2.05, 4.69) is 37.6 Å². The number of aromatic nitrogens is 1. The second-order valence-corrected chi connectivity index (χ2v) is 6.45. The van der Waals surface area contributed by atoms with Crippen LogP contribution in [0, 0.1) is 0 Å². The van der Waals surface area contributed by atoms with E-state index >= 15 is 0 Å². The SMILES string of the molecule is CCCCN(CC)Cc1nc(C(CC)CC)c(C(=O)O)s1. The van der Waals surface area contributed by atoms with E-state index in [0.29, 0.717) is 4.88 Å². The average molecular weight is 312 g/mol. The van der Waals surface area contributed by atoms with Gasteiger partial charge in [-0.1, -0.05) is 34.1 Å². The number of aromatic carboxylic acids is 1. The quantitative estimate of drug-likeness (QED) is 0.697. The van der Waals surface area contributed by atoms with Crippen molar-refractivity contribution in [3.8, 4) is 0 Å². The van der Waals surface area contributed by atoms with Gasteiger partial charge in [0.15, 0.2) is 0 Å². The number of rotatable bonds is 10. The Morgan fingerprint density at radius 1 is 1.29 bits per heavy atom. The van der Waals surface area contributed by atoms with Gasteiger partial charge in [-0.2, -0.15) is 0 Å². The summed E-state index contributed by atoms with van der Waals surface area (Å²) in [5.41, 5.74) is 0.791. The molecule has 5 heteroatoms. The van der Waals surface area contributed by atoms with Crippen LogP contribution in [0.1, 0.15) is 79.7 Å². The standard InChI is InChI=1S/C16H28N2O2S/c1-5-9-10-18(8-4)11-13-17-14(12(6-2)7-3)15(21-13)16(19)20/h12H,5-11H2,1-4H3,(H,19,20). The molecule has 0 amide bonds. The average Bonchev–Trinajstić information content (AvgIpc) is 2.89. The van der Waals surface area contributed by atoms with Gasteiger partial charge < -0.3 is 5.11 Å². The fraction of sp³-hybridized carbons (Fsp3) is 0.750. The lowest BCUT2D eigenvalue weighted by Gasteiger charge is -2.18. The zero-order valence-electron chi connectivity index (χ0n) is 13.7. The molecule has 0 atom stereocenters. The molecule has 0 aliphatic heterocycles. The zero-order valence-corrected chi connectivity index (χ0v) is 14.5. The van der Waals surface area contributed by atoms with Gasteiger partial charge in [0.05, 0.1) is 12.2 Å². The highest BCUT2D eigenvalue weighted by molar-refractivity contribution is 7.13. The van der Waals surface area contributed by atoms with E-state index in [1.54, 1.807) is 0 Å². The molecule has 21 heavy (non-hydrogen) atoms. The molecule has 0 unspecified atom stereocenters. The number of thiazole rings is 1. The highest BCUT2D eigenvalue weighted by Gasteiger charge is 2.23. The molecule has 0 radical (unpaired) electrons. The number of carboxylic acid groups (broad SMARTS) is 1. The Kier molecular flexibility index (Phi) is 7.89. The fourth-order valence-electron chi connectivity index (χ4n) is 2.47. The molecule has 0 aliphatic carbocycles. The zero-order chi connectivity index (χ0) is 15.8. The van der Waals surface area contributed by atoms with Crippen LogP contribution in [-0.2, 0) is 6.54 Å². The Labute approximate surface area is 132 Å². The van der Waals surface area contributed by atoms with E-state index in [-0.39, 0.29) is 5.92 Å². The molecule has 0 spiro atoms. The molecule has 0 saturated heterocycles. The first kappa shape index (κ1) is 18.1. The summed E-state index contributed by atoms with van der Waals surface area (Å²) < 4.78 is 0. The maximum Gasteiger partial charge on any atom is 0.347 e. The number of nitrogens with zero attached hydrogens (tertiary/aromatic N) is 2. The first-order chi connectivity index (χ1) is 10.1. The van der Waals surface area contributed by atoms with Crippen LogP contribution in [0.3, 0.4) is 0 Å². The molecule has 1 N–H and O–H groups in total. The molecule has 0 saturated carbocycles. The Bertz CT molecular complexity index is 441. The summed E-state index contributed by atoms with van der Waals surface area (Å²) in [5, 5.41) is 10.3. The molecule has 0 bridgehead atoms. The Morgan fingerprint density at radius 3 is 2.43 bits per heavy atom. The van der Waals surface area contributed by atoms with Crippen LogP contribution in [0.2, 0.25) is 0 Å². The highest BCUT2D eigenvalue weighted by Crippen LogP contribution is 2.30. The van der Waals surface area contributed by atoms with Crippen LogP contribution in [0.15, 0.2) is 0 Å². The fourth-order valence-corrected chi connectivity index (χ4v) is 3.50. The lowest BCUT2D eigenvalue weighted by molar-refractivity contribution is 0.0700. The highest BCUT2D eigenvalue weighted by atomic mass is 32.1. The Morgan fingerprint density at radius 2 is 1.95 bits per heavy atom. The van der Waals surface area contributed by atoms with Crippen molar-refractivity contribution >= 4 is 17.3 Å². The summed E-state index contributed by atoms with van der Waals surface area (Å²) in [7, 11) is 0. The molecule has 1 aromatic heterocycles. The van der Waals surface area contributed by atoms with Crippen LogP contribution in [0.25, 0.3) is 0 Å². The third-order valence-corrected chi connectivity index (χ3v) is 4.94. The summed E-state index contributed by atoms with van der Waals surface area (Å²) in [5.74, 6) is -0.580. The molecule has 1 aromatic rings. The van der Waals surface area contributed by atoms with Crippen LogP contribution >= 0.6 is 11.3 Å². The molecule has 0 aliphatic rings. The number of carbonyl (C=O) groups is 1. The van der Waals surface area contributed by atoms with Crippen LogP contribution < -0.4 is 0 Å². The number of hydrogen-bond donors (Lipinski definition) is 1. The monoisotopic (exact) mass is 312 g/mol. The van der Waals surface area contributed by atoms with Crippen molar-refractivity contribution in [3.05, 3.63) is 15.6 Å². The minimum Gasteiger partial charge on any atom is -0.477 e. The summed E-state index contributed by atoms with van der Waals surface area (Å²) >= 11 is 1.35. The van der Waals surface area contributed by atoms with Gasteiger partial charge in [0.2, 0.25) is 0 Å². The first-order valence-electron chi connectivity index (χ1n) is 8.02. The maximum absolute atomic E-state index is 11.5. The molecule has 1 heterocycles. The van der Waals surface area contributed by atoms with Crippen molar-refractivity contribution < 1.29 is 9.90 Å². The van der Waals surface area contributed by atoms with E-state index in [0.717, 1.165) is 43.2 Å². The maximum atomic E-state index is 11.5. The number of unbranched alkanes of at least 4 members (excludes halogenated alkanes) is 1. The van der Waals surface area contributed by atoms with E-state index in [1.165, 1.54) is 24.2 Å². The van der Waals surface area contributed by atoms with Gasteiger partial charge in [0, 0.05) is 5.92 Å². The summed E-state index contributed by atoms with van der Waals surface area (Å²) in [4.78, 5) is 18.9. The van der Waals surface area contributed by atoms with Gasteiger partial charge in [-0.05, 0) is 32.4 Å². The predicted octanol–water partition coefficient (Wildman–Crippen LogP) is 4.37. The van der Waals surface area contributed by atoms with Crippen molar-refractivity contribution in [2.24, 2.45) is 0 Å². The van der Waals surface area contributed by atoms with Crippen LogP contribution in [0.4, 0.5) is 0 Å². The Balaban J connectivity index is 2.93. The van der Waals surface area contributed by atoms with Crippen molar-refractivity contribution in [3.63, 3.8) is 0 Å². The lowest BCUT2D eigenvalue weighted by Crippen LogP contribution is -2.23. The normalized spacial score (nSPS) is 11.5. The minimum atomic E-state index is -0.836. The Hall–Kier alpha value is -0.940. The van der Waals surface area contributed by atoms with Gasteiger partial charge in [0.1, 0.15) is 9.88 Å². The van der Waals surface area contributed by atoms with Gasteiger partial charge in [-0.25, -0.2) is 9.78 Å². The van der Waals surface area contributed by atoms with Crippen molar-refractivity contribution in [2.75, 3.05) is 13.1 Å². The molecular weight excluding hydrogens is 284 g/mol. The summed E-state index contributed by atoms with van der Waals surface area (Å²) in [6.07, 6.45) is 4.22. The summed E-state index contributed by atoms with van der Waals surface area (Å²) in [6.45, 7) is 11.3. The van der Waals surface area contributed by atoms with E-state index < -0.39 is 5.97 Å². The molecule has 0 aromatic carbocycles. The smallest absolute Gasteiger partial charge is 0.347 e. The molecule has 1 rings (SSSR count). The lowest BCUT2D eigenvalue weighted by atomic mass is 9.98. The van der Waals surface area contributed by atoms with Gasteiger partial charge in [-0.3, -0.25) is 4.90 Å². The van der Waals surface area contributed by atoms with Gasteiger partial charge >= 0.3 is 5.97 Å². The van der Waals surface area contributed by atoms with E-state index in [1.807, 2.05) is 0 Å².